The Balaban J connectivity index is 1.10. The molecule has 3 heterocycles. The van der Waals surface area contributed by atoms with Crippen LogP contribution in [0.4, 0.5) is 4.39 Å². The van der Waals surface area contributed by atoms with E-state index in [4.69, 9.17) is 4.74 Å². The molecule has 6 unspecified atom stereocenters. The third-order valence-electron chi connectivity index (χ3n) is 8.93. The molecule has 3 aliphatic heterocycles. The third kappa shape index (κ3) is 4.80. The summed E-state index contributed by atoms with van der Waals surface area (Å²) in [5.74, 6) is 0.578. The molecule has 0 spiro atoms. The van der Waals surface area contributed by atoms with Gasteiger partial charge in [-0.1, -0.05) is 6.92 Å². The Labute approximate surface area is 186 Å². The van der Waals surface area contributed by atoms with Gasteiger partial charge in [0.2, 0.25) is 5.91 Å². The number of hydrogen-bond donors (Lipinski definition) is 2. The van der Waals surface area contributed by atoms with Crippen molar-refractivity contribution in [2.75, 3.05) is 39.4 Å². The molecule has 5 aliphatic rings. The van der Waals surface area contributed by atoms with E-state index in [2.05, 4.69) is 27.4 Å². The lowest BCUT2D eigenvalue weighted by Crippen LogP contribution is -2.56. The van der Waals surface area contributed by atoms with Gasteiger partial charge >= 0.3 is 0 Å². The van der Waals surface area contributed by atoms with Crippen molar-refractivity contribution >= 4 is 5.91 Å². The molecular formula is C24H41FN4O2. The first-order valence-electron chi connectivity index (χ1n) is 12.8. The van der Waals surface area contributed by atoms with E-state index in [-0.39, 0.29) is 30.0 Å². The van der Waals surface area contributed by atoms with Crippen molar-refractivity contribution in [2.24, 2.45) is 11.8 Å². The monoisotopic (exact) mass is 436 g/mol. The molecule has 31 heavy (non-hydrogen) atoms. The maximum atomic E-state index is 14.4. The summed E-state index contributed by atoms with van der Waals surface area (Å²) in [5, 5.41) is 6.84. The van der Waals surface area contributed by atoms with Crippen LogP contribution in [0.25, 0.3) is 0 Å². The van der Waals surface area contributed by atoms with Crippen LogP contribution in [0.1, 0.15) is 58.3 Å². The number of halogens is 1. The Kier molecular flexibility index (Phi) is 6.84. The smallest absolute Gasteiger partial charge is 0.237 e. The Bertz CT molecular complexity index is 605. The second-order valence-electron chi connectivity index (χ2n) is 10.8. The van der Waals surface area contributed by atoms with Crippen LogP contribution in [0.2, 0.25) is 0 Å². The molecule has 5 rings (SSSR count). The van der Waals surface area contributed by atoms with E-state index in [1.165, 1.54) is 19.3 Å². The molecule has 0 aromatic rings. The van der Waals surface area contributed by atoms with Gasteiger partial charge in [-0.3, -0.25) is 14.6 Å². The Morgan fingerprint density at radius 3 is 2.48 bits per heavy atom. The van der Waals surface area contributed by atoms with E-state index in [9.17, 15) is 9.18 Å². The zero-order chi connectivity index (χ0) is 21.4. The lowest BCUT2D eigenvalue weighted by molar-refractivity contribution is -0.124. The van der Waals surface area contributed by atoms with Crippen LogP contribution in [-0.2, 0) is 9.53 Å². The number of nitrogens with zero attached hydrogens (tertiary/aromatic N) is 2. The maximum absolute atomic E-state index is 14.4. The van der Waals surface area contributed by atoms with Gasteiger partial charge in [-0.05, 0) is 57.3 Å². The van der Waals surface area contributed by atoms with E-state index in [1.807, 2.05) is 0 Å². The van der Waals surface area contributed by atoms with Crippen LogP contribution in [0.5, 0.6) is 0 Å². The van der Waals surface area contributed by atoms with Crippen molar-refractivity contribution < 1.29 is 13.9 Å². The topological polar surface area (TPSA) is 56.8 Å². The number of fused-ring (bicyclic) bond motifs is 1. The van der Waals surface area contributed by atoms with E-state index < -0.39 is 6.17 Å². The second kappa shape index (κ2) is 9.62. The maximum Gasteiger partial charge on any atom is 0.237 e. The molecule has 7 heteroatoms. The summed E-state index contributed by atoms with van der Waals surface area (Å²) in [6.45, 7) is 8.55. The molecule has 1 amide bonds. The average Bonchev–Trinajstić information content (AvgIpc) is 3.48. The van der Waals surface area contributed by atoms with Crippen LogP contribution in [0.3, 0.4) is 0 Å². The van der Waals surface area contributed by atoms with E-state index in [0.717, 1.165) is 58.7 Å². The van der Waals surface area contributed by atoms with Crippen molar-refractivity contribution in [2.45, 2.75) is 94.7 Å². The standard InChI is InChI=1S/C24H41FN4O2/c1-16-5-6-21(25)20-14-22(27-23(16)20)24(30)26-17-3-2-4-18(13-17)28-8-10-29(11-9-28)19-7-12-31-15-19/h16-23,27H,2-15H2,1H3,(H,26,30)/t16?,17-,18+,19?,20?,21?,22?,23?/m1/s1. The molecule has 0 bridgehead atoms. The number of rotatable bonds is 4. The fraction of sp³-hybridized carbons (Fsp3) is 0.958. The quantitative estimate of drug-likeness (QED) is 0.705. The Morgan fingerprint density at radius 1 is 1.00 bits per heavy atom. The zero-order valence-electron chi connectivity index (χ0n) is 19.1. The van der Waals surface area contributed by atoms with E-state index in [1.54, 1.807) is 0 Å². The highest BCUT2D eigenvalue weighted by Crippen LogP contribution is 2.38. The first-order chi connectivity index (χ1) is 15.1. The summed E-state index contributed by atoms with van der Waals surface area (Å²) in [6, 6.07) is 1.41. The molecule has 3 saturated heterocycles. The van der Waals surface area contributed by atoms with Gasteiger partial charge in [-0.2, -0.15) is 0 Å². The summed E-state index contributed by atoms with van der Waals surface area (Å²) >= 11 is 0. The Morgan fingerprint density at radius 2 is 1.77 bits per heavy atom. The number of hydrogen-bond acceptors (Lipinski definition) is 5. The summed E-state index contributed by atoms with van der Waals surface area (Å²) in [5.41, 5.74) is 0. The fourth-order valence-electron chi connectivity index (χ4n) is 7.01. The third-order valence-corrected chi connectivity index (χ3v) is 8.93. The number of nitrogens with one attached hydrogen (secondary N) is 2. The van der Waals surface area contributed by atoms with Gasteiger partial charge in [0.05, 0.1) is 12.6 Å². The van der Waals surface area contributed by atoms with Gasteiger partial charge < -0.3 is 15.4 Å². The number of ether oxygens (including phenoxy) is 1. The molecule has 2 saturated carbocycles. The van der Waals surface area contributed by atoms with Gasteiger partial charge in [0.25, 0.3) is 0 Å². The molecule has 176 valence electrons. The lowest BCUT2D eigenvalue weighted by atomic mass is 9.77. The van der Waals surface area contributed by atoms with Crippen molar-refractivity contribution in [3.63, 3.8) is 0 Å². The van der Waals surface area contributed by atoms with Gasteiger partial charge in [0.15, 0.2) is 0 Å². The minimum absolute atomic E-state index is 0.0140. The van der Waals surface area contributed by atoms with E-state index in [0.29, 0.717) is 30.8 Å². The fourth-order valence-corrected chi connectivity index (χ4v) is 7.01. The van der Waals surface area contributed by atoms with Crippen molar-refractivity contribution in [3.8, 4) is 0 Å². The first kappa shape index (κ1) is 22.1. The molecule has 0 radical (unpaired) electrons. The highest BCUT2D eigenvalue weighted by molar-refractivity contribution is 5.82. The lowest BCUT2D eigenvalue weighted by Gasteiger charge is -2.43. The zero-order valence-corrected chi connectivity index (χ0v) is 19.1. The molecule has 0 aromatic heterocycles. The predicted molar refractivity (Wildman–Crippen MR) is 119 cm³/mol. The first-order valence-corrected chi connectivity index (χ1v) is 12.8. The molecule has 0 aromatic carbocycles. The highest BCUT2D eigenvalue weighted by atomic mass is 19.1. The summed E-state index contributed by atoms with van der Waals surface area (Å²) in [7, 11) is 0. The minimum Gasteiger partial charge on any atom is -0.380 e. The number of piperazine rings is 1. The molecule has 8 atom stereocenters. The highest BCUT2D eigenvalue weighted by Gasteiger charge is 2.46. The van der Waals surface area contributed by atoms with Gasteiger partial charge in [0.1, 0.15) is 6.17 Å². The van der Waals surface area contributed by atoms with Gasteiger partial charge in [-0.25, -0.2) is 4.39 Å². The molecule has 5 fully saturated rings. The number of alkyl halides is 1. The van der Waals surface area contributed by atoms with Crippen LogP contribution in [0, 0.1) is 11.8 Å². The largest absolute Gasteiger partial charge is 0.380 e. The molecule has 2 N–H and O–H groups in total. The van der Waals surface area contributed by atoms with E-state index >= 15 is 0 Å². The predicted octanol–water partition coefficient (Wildman–Crippen LogP) is 1.94. The van der Waals surface area contributed by atoms with Gasteiger partial charge in [0, 0.05) is 62.9 Å². The van der Waals surface area contributed by atoms with Crippen molar-refractivity contribution in [3.05, 3.63) is 0 Å². The van der Waals surface area contributed by atoms with Crippen molar-refractivity contribution in [1.29, 1.82) is 0 Å². The summed E-state index contributed by atoms with van der Waals surface area (Å²) < 4.78 is 20.0. The molecular weight excluding hydrogens is 395 g/mol. The Hall–Kier alpha value is -0.760. The average molecular weight is 437 g/mol. The van der Waals surface area contributed by atoms with Crippen LogP contribution in [-0.4, -0.2) is 91.5 Å². The second-order valence-corrected chi connectivity index (χ2v) is 10.8. The van der Waals surface area contributed by atoms with Gasteiger partial charge in [-0.15, -0.1) is 0 Å². The van der Waals surface area contributed by atoms with Crippen LogP contribution < -0.4 is 10.6 Å². The number of amides is 1. The van der Waals surface area contributed by atoms with Crippen LogP contribution >= 0.6 is 0 Å². The minimum atomic E-state index is -0.750. The summed E-state index contributed by atoms with van der Waals surface area (Å²) in [6.07, 6.45) is 7.22. The van der Waals surface area contributed by atoms with Crippen LogP contribution in [0.15, 0.2) is 0 Å². The molecule has 6 nitrogen and oxygen atoms in total. The number of carbonyl (C=O) groups is 1. The van der Waals surface area contributed by atoms with Crippen molar-refractivity contribution in [1.82, 2.24) is 20.4 Å². The summed E-state index contributed by atoms with van der Waals surface area (Å²) in [4.78, 5) is 18.3. The number of carbonyl (C=O) groups excluding carboxylic acids is 1. The normalized spacial score (nSPS) is 44.8. The SMILES string of the molecule is CC1CCC(F)C2CC(C(=O)N[C@@H]3CCC[C@H](N4CCN(C5CCOC5)CC4)C3)NC12. The molecule has 2 aliphatic carbocycles.